The van der Waals surface area contributed by atoms with Gasteiger partial charge < -0.3 is 9.80 Å². The number of hydrogen-bond acceptors (Lipinski definition) is 4. The van der Waals surface area contributed by atoms with Crippen LogP contribution in [-0.2, 0) is 6.54 Å². The lowest BCUT2D eigenvalue weighted by Gasteiger charge is -2.21. The van der Waals surface area contributed by atoms with Gasteiger partial charge >= 0.3 is 0 Å². The minimum Gasteiger partial charge on any atom is -0.338 e. The average Bonchev–Trinajstić information content (AvgIpc) is 3.04. The molecule has 1 saturated heterocycles. The van der Waals surface area contributed by atoms with E-state index >= 15 is 0 Å². The molecule has 3 rings (SSSR count). The van der Waals surface area contributed by atoms with E-state index in [1.54, 1.807) is 11.1 Å². The van der Waals surface area contributed by atoms with Crippen molar-refractivity contribution in [2.24, 2.45) is 5.92 Å². The van der Waals surface area contributed by atoms with Crippen LogP contribution in [0.1, 0.15) is 22.3 Å². The summed E-state index contributed by atoms with van der Waals surface area (Å²) in [5, 5.41) is 0. The molecule has 5 nitrogen and oxygen atoms in total. The molecular formula is C18H21FN4O. The second-order valence-corrected chi connectivity index (χ2v) is 6.32. The quantitative estimate of drug-likeness (QED) is 0.844. The molecule has 1 atom stereocenters. The molecule has 0 saturated carbocycles. The van der Waals surface area contributed by atoms with E-state index < -0.39 is 5.82 Å². The molecule has 0 bridgehead atoms. The molecule has 0 N–H and O–H groups in total. The normalized spacial score (nSPS) is 17.5. The highest BCUT2D eigenvalue weighted by molar-refractivity contribution is 5.94. The fourth-order valence-electron chi connectivity index (χ4n) is 3.19. The van der Waals surface area contributed by atoms with Crippen LogP contribution in [0.5, 0.6) is 0 Å². The molecule has 1 amide bonds. The van der Waals surface area contributed by atoms with E-state index in [0.29, 0.717) is 19.0 Å². The van der Waals surface area contributed by atoms with Crippen molar-refractivity contribution in [3.8, 4) is 0 Å². The van der Waals surface area contributed by atoms with Gasteiger partial charge in [-0.1, -0.05) is 6.07 Å². The van der Waals surface area contributed by atoms with E-state index in [9.17, 15) is 9.18 Å². The molecule has 2 aromatic heterocycles. The number of nitrogens with zero attached hydrogens (tertiary/aromatic N) is 4. The third-order valence-electron chi connectivity index (χ3n) is 4.32. The first-order valence-electron chi connectivity index (χ1n) is 8.09. The van der Waals surface area contributed by atoms with E-state index in [0.717, 1.165) is 25.7 Å². The van der Waals surface area contributed by atoms with Crippen LogP contribution in [0.15, 0.2) is 43.0 Å². The first-order chi connectivity index (χ1) is 11.6. The van der Waals surface area contributed by atoms with E-state index in [-0.39, 0.29) is 11.5 Å². The van der Waals surface area contributed by atoms with Crippen LogP contribution in [0.3, 0.4) is 0 Å². The summed E-state index contributed by atoms with van der Waals surface area (Å²) in [6, 6.07) is 5.43. The Balaban J connectivity index is 1.54. The van der Waals surface area contributed by atoms with E-state index in [4.69, 9.17) is 0 Å². The van der Waals surface area contributed by atoms with Gasteiger partial charge in [-0.25, -0.2) is 4.39 Å². The van der Waals surface area contributed by atoms with Gasteiger partial charge in [-0.3, -0.25) is 14.8 Å². The Kier molecular flexibility index (Phi) is 5.15. The lowest BCUT2D eigenvalue weighted by molar-refractivity contribution is 0.0779. The number of pyridine rings is 2. The standard InChI is InChI=1S/C18H21FN4O/c1-22(11-14-3-2-6-20-9-14)12-15-5-8-23(13-15)18(24)16-4-7-21-10-17(16)19/h2-4,6-7,9-10,15H,5,8,11-13H2,1H3/t15-/m1/s1. The zero-order chi connectivity index (χ0) is 16.9. The summed E-state index contributed by atoms with van der Waals surface area (Å²) in [6.07, 6.45) is 7.11. The van der Waals surface area contributed by atoms with Gasteiger partial charge in [-0.2, -0.15) is 0 Å². The number of carbonyl (C=O) groups is 1. The topological polar surface area (TPSA) is 49.3 Å². The maximum atomic E-state index is 13.7. The summed E-state index contributed by atoms with van der Waals surface area (Å²) in [6.45, 7) is 3.07. The van der Waals surface area contributed by atoms with Gasteiger partial charge in [0.25, 0.3) is 5.91 Å². The largest absolute Gasteiger partial charge is 0.338 e. The second kappa shape index (κ2) is 7.49. The van der Waals surface area contributed by atoms with Crippen LogP contribution >= 0.6 is 0 Å². The maximum absolute atomic E-state index is 13.7. The van der Waals surface area contributed by atoms with Crippen molar-refractivity contribution in [3.05, 3.63) is 59.9 Å². The van der Waals surface area contributed by atoms with E-state index in [2.05, 4.69) is 28.0 Å². The highest BCUT2D eigenvalue weighted by Gasteiger charge is 2.28. The van der Waals surface area contributed by atoms with Gasteiger partial charge in [0, 0.05) is 44.8 Å². The fraction of sp³-hybridized carbons (Fsp3) is 0.389. The van der Waals surface area contributed by atoms with Gasteiger partial charge in [0.2, 0.25) is 0 Å². The van der Waals surface area contributed by atoms with Crippen LogP contribution in [0.4, 0.5) is 4.39 Å². The number of likely N-dealkylation sites (tertiary alicyclic amines) is 1. The van der Waals surface area contributed by atoms with Crippen molar-refractivity contribution in [2.45, 2.75) is 13.0 Å². The van der Waals surface area contributed by atoms with Gasteiger partial charge in [-0.15, -0.1) is 0 Å². The van der Waals surface area contributed by atoms with Crippen molar-refractivity contribution < 1.29 is 9.18 Å². The number of amides is 1. The summed E-state index contributed by atoms with van der Waals surface area (Å²) < 4.78 is 13.7. The third-order valence-corrected chi connectivity index (χ3v) is 4.32. The fourth-order valence-corrected chi connectivity index (χ4v) is 3.19. The Labute approximate surface area is 141 Å². The minimum absolute atomic E-state index is 0.106. The number of hydrogen-bond donors (Lipinski definition) is 0. The molecular weight excluding hydrogens is 307 g/mol. The predicted molar refractivity (Wildman–Crippen MR) is 88.8 cm³/mol. The van der Waals surface area contributed by atoms with E-state index in [1.165, 1.54) is 17.8 Å². The molecule has 1 aliphatic heterocycles. The Morgan fingerprint density at radius 2 is 2.17 bits per heavy atom. The highest BCUT2D eigenvalue weighted by atomic mass is 19.1. The Hall–Kier alpha value is -2.34. The molecule has 1 fully saturated rings. The molecule has 24 heavy (non-hydrogen) atoms. The number of carbonyl (C=O) groups excluding carboxylic acids is 1. The smallest absolute Gasteiger partial charge is 0.256 e. The molecule has 6 heteroatoms. The predicted octanol–water partition coefficient (Wildman–Crippen LogP) is 2.21. The first kappa shape index (κ1) is 16.5. The zero-order valence-corrected chi connectivity index (χ0v) is 13.7. The molecule has 0 aromatic carbocycles. The maximum Gasteiger partial charge on any atom is 0.256 e. The molecule has 2 aromatic rings. The second-order valence-electron chi connectivity index (χ2n) is 6.32. The monoisotopic (exact) mass is 328 g/mol. The van der Waals surface area contributed by atoms with Crippen LogP contribution in [0, 0.1) is 11.7 Å². The van der Waals surface area contributed by atoms with Crippen molar-refractivity contribution in [1.82, 2.24) is 19.8 Å². The summed E-state index contributed by atoms with van der Waals surface area (Å²) in [4.78, 5) is 24.2. The third kappa shape index (κ3) is 3.94. The molecule has 0 spiro atoms. The molecule has 1 aliphatic rings. The number of rotatable bonds is 5. The van der Waals surface area contributed by atoms with Gasteiger partial charge in [0.1, 0.15) is 0 Å². The summed E-state index contributed by atoms with van der Waals surface area (Å²) in [5.74, 6) is -0.396. The number of halogens is 1. The average molecular weight is 328 g/mol. The van der Waals surface area contributed by atoms with Gasteiger partial charge in [0.05, 0.1) is 11.8 Å². The molecule has 126 valence electrons. The minimum atomic E-state index is -0.556. The first-order valence-corrected chi connectivity index (χ1v) is 8.09. The molecule has 3 heterocycles. The van der Waals surface area contributed by atoms with Crippen LogP contribution in [0.25, 0.3) is 0 Å². The van der Waals surface area contributed by atoms with E-state index in [1.807, 2.05) is 12.3 Å². The van der Waals surface area contributed by atoms with Crippen LogP contribution < -0.4 is 0 Å². The van der Waals surface area contributed by atoms with Crippen molar-refractivity contribution >= 4 is 5.91 Å². The molecule has 0 aliphatic carbocycles. The Bertz CT molecular complexity index is 694. The highest BCUT2D eigenvalue weighted by Crippen LogP contribution is 2.20. The SMILES string of the molecule is CN(Cc1cccnc1)C[C@H]1CCN(C(=O)c2ccncc2F)C1. The lowest BCUT2D eigenvalue weighted by Crippen LogP contribution is -2.32. The lowest BCUT2D eigenvalue weighted by atomic mass is 10.1. The Morgan fingerprint density at radius 1 is 1.33 bits per heavy atom. The summed E-state index contributed by atoms with van der Waals surface area (Å²) >= 11 is 0. The number of aromatic nitrogens is 2. The van der Waals surface area contributed by atoms with Gasteiger partial charge in [-0.05, 0) is 37.1 Å². The summed E-state index contributed by atoms with van der Waals surface area (Å²) in [5.41, 5.74) is 1.28. The van der Waals surface area contributed by atoms with Crippen LogP contribution in [-0.4, -0.2) is 52.4 Å². The Morgan fingerprint density at radius 3 is 2.92 bits per heavy atom. The van der Waals surface area contributed by atoms with Crippen molar-refractivity contribution in [1.29, 1.82) is 0 Å². The molecule has 0 radical (unpaired) electrons. The van der Waals surface area contributed by atoms with Gasteiger partial charge in [0.15, 0.2) is 5.82 Å². The summed E-state index contributed by atoms with van der Waals surface area (Å²) in [7, 11) is 2.07. The van der Waals surface area contributed by atoms with Crippen molar-refractivity contribution in [2.75, 3.05) is 26.7 Å². The zero-order valence-electron chi connectivity index (χ0n) is 13.7. The molecule has 0 unspecified atom stereocenters. The van der Waals surface area contributed by atoms with Crippen molar-refractivity contribution in [3.63, 3.8) is 0 Å². The van der Waals surface area contributed by atoms with Crippen LogP contribution in [0.2, 0.25) is 0 Å².